The van der Waals surface area contributed by atoms with E-state index in [1.807, 2.05) is 0 Å². The lowest BCUT2D eigenvalue weighted by molar-refractivity contribution is -0.114. The maximum Gasteiger partial charge on any atom is 0.299 e. The number of hydrogen-bond donors (Lipinski definition) is 1. The number of fused-ring (bicyclic) bond motifs is 1. The lowest BCUT2D eigenvalue weighted by Gasteiger charge is -2.17. The van der Waals surface area contributed by atoms with Crippen LogP contribution in [0.1, 0.15) is 30.1 Å². The van der Waals surface area contributed by atoms with E-state index in [9.17, 15) is 9.59 Å². The molecule has 19 heavy (non-hydrogen) atoms. The fourth-order valence-electron chi connectivity index (χ4n) is 2.19. The summed E-state index contributed by atoms with van der Waals surface area (Å²) in [4.78, 5) is 25.3. The van der Waals surface area contributed by atoms with Crippen molar-refractivity contribution in [2.24, 2.45) is 0 Å². The molecule has 1 aromatic rings. The van der Waals surface area contributed by atoms with Crippen molar-refractivity contribution in [2.45, 2.75) is 19.8 Å². The normalized spacial score (nSPS) is 14.1. The molecule has 2 rings (SSSR count). The average molecular weight is 281 g/mol. The minimum Gasteiger partial charge on any atom is -0.317 e. The Morgan fingerprint density at radius 3 is 2.79 bits per heavy atom. The van der Waals surface area contributed by atoms with Gasteiger partial charge in [0.1, 0.15) is 0 Å². The third-order valence-corrected chi connectivity index (χ3v) is 3.41. The molecular weight excluding hydrogens is 264 g/mol. The molecule has 0 aliphatic carbocycles. The number of rotatable bonds is 6. The number of para-hydroxylation sites is 1. The van der Waals surface area contributed by atoms with Gasteiger partial charge in [0.05, 0.1) is 16.3 Å². The molecule has 4 nitrogen and oxygen atoms in total. The number of amides is 1. The lowest BCUT2D eigenvalue weighted by Crippen LogP contribution is -2.32. The molecule has 0 fully saturated rings. The highest BCUT2D eigenvalue weighted by Crippen LogP contribution is 2.35. The van der Waals surface area contributed by atoms with Crippen molar-refractivity contribution in [1.29, 1.82) is 0 Å². The molecule has 5 heteroatoms. The summed E-state index contributed by atoms with van der Waals surface area (Å²) >= 11 is 6.10. The predicted molar refractivity (Wildman–Crippen MR) is 75.9 cm³/mol. The number of benzene rings is 1. The van der Waals surface area contributed by atoms with Gasteiger partial charge in [-0.05, 0) is 38.1 Å². The number of nitrogens with zero attached hydrogens (tertiary/aromatic N) is 1. The SMILES string of the molecule is CCCNCCCN1C(=O)C(=O)c2cccc(Cl)c21. The number of nitrogens with one attached hydrogen (secondary N) is 1. The zero-order valence-corrected chi connectivity index (χ0v) is 11.7. The monoisotopic (exact) mass is 280 g/mol. The quantitative estimate of drug-likeness (QED) is 0.642. The second-order valence-corrected chi connectivity index (χ2v) is 4.93. The summed E-state index contributed by atoms with van der Waals surface area (Å²) in [6, 6.07) is 5.05. The first-order valence-corrected chi connectivity index (χ1v) is 6.90. The van der Waals surface area contributed by atoms with Crippen LogP contribution in [0.4, 0.5) is 5.69 Å². The van der Waals surface area contributed by atoms with Gasteiger partial charge in [0.25, 0.3) is 11.7 Å². The van der Waals surface area contributed by atoms with Crippen molar-refractivity contribution < 1.29 is 9.59 Å². The lowest BCUT2D eigenvalue weighted by atomic mass is 10.1. The third-order valence-electron chi connectivity index (χ3n) is 3.10. The van der Waals surface area contributed by atoms with Crippen LogP contribution in [-0.4, -0.2) is 31.3 Å². The van der Waals surface area contributed by atoms with Crippen LogP contribution in [0, 0.1) is 0 Å². The van der Waals surface area contributed by atoms with E-state index in [0.717, 1.165) is 25.9 Å². The Balaban J connectivity index is 2.06. The van der Waals surface area contributed by atoms with Gasteiger partial charge in [-0.2, -0.15) is 0 Å². The molecule has 0 bridgehead atoms. The topological polar surface area (TPSA) is 49.4 Å². The maximum absolute atomic E-state index is 11.9. The molecule has 0 saturated heterocycles. The van der Waals surface area contributed by atoms with Crippen LogP contribution in [-0.2, 0) is 4.79 Å². The summed E-state index contributed by atoms with van der Waals surface area (Å²) in [5, 5.41) is 3.72. The summed E-state index contributed by atoms with van der Waals surface area (Å²) < 4.78 is 0. The highest BCUT2D eigenvalue weighted by atomic mass is 35.5. The first-order valence-electron chi connectivity index (χ1n) is 6.52. The summed E-state index contributed by atoms with van der Waals surface area (Å²) in [6.45, 7) is 4.40. The first-order chi connectivity index (χ1) is 9.16. The van der Waals surface area contributed by atoms with Gasteiger partial charge in [-0.3, -0.25) is 9.59 Å². The Kier molecular flexibility index (Phi) is 4.56. The highest BCUT2D eigenvalue weighted by molar-refractivity contribution is 6.54. The Hall–Kier alpha value is -1.39. The van der Waals surface area contributed by atoms with Gasteiger partial charge >= 0.3 is 0 Å². The number of ketones is 1. The van der Waals surface area contributed by atoms with Gasteiger partial charge in [-0.25, -0.2) is 0 Å². The van der Waals surface area contributed by atoms with Gasteiger partial charge in [-0.1, -0.05) is 24.6 Å². The Bertz CT molecular complexity index is 502. The van der Waals surface area contributed by atoms with E-state index in [-0.39, 0.29) is 0 Å². The van der Waals surface area contributed by atoms with Crippen LogP contribution in [0.15, 0.2) is 18.2 Å². The van der Waals surface area contributed by atoms with E-state index >= 15 is 0 Å². The van der Waals surface area contributed by atoms with Crippen molar-refractivity contribution in [1.82, 2.24) is 5.32 Å². The minimum atomic E-state index is -0.474. The smallest absolute Gasteiger partial charge is 0.299 e. The summed E-state index contributed by atoms with van der Waals surface area (Å²) in [7, 11) is 0. The Labute approximate surface area is 117 Å². The molecule has 0 saturated carbocycles. The van der Waals surface area contributed by atoms with Crippen LogP contribution in [0.2, 0.25) is 5.02 Å². The molecule has 0 spiro atoms. The number of halogens is 1. The van der Waals surface area contributed by atoms with E-state index in [2.05, 4.69) is 12.2 Å². The molecule has 1 amide bonds. The van der Waals surface area contributed by atoms with E-state index in [0.29, 0.717) is 22.8 Å². The average Bonchev–Trinajstić information content (AvgIpc) is 2.65. The second kappa shape index (κ2) is 6.17. The number of anilines is 1. The number of hydrogen-bond acceptors (Lipinski definition) is 3. The highest BCUT2D eigenvalue weighted by Gasteiger charge is 2.36. The molecular formula is C14H17ClN2O2. The van der Waals surface area contributed by atoms with Gasteiger partial charge in [-0.15, -0.1) is 0 Å². The summed E-state index contributed by atoms with van der Waals surface area (Å²) in [6.07, 6.45) is 1.87. The van der Waals surface area contributed by atoms with E-state index < -0.39 is 11.7 Å². The van der Waals surface area contributed by atoms with Crippen LogP contribution >= 0.6 is 11.6 Å². The van der Waals surface area contributed by atoms with Crippen LogP contribution in [0.3, 0.4) is 0 Å². The zero-order chi connectivity index (χ0) is 13.8. The molecule has 0 atom stereocenters. The van der Waals surface area contributed by atoms with Crippen molar-refractivity contribution in [3.8, 4) is 0 Å². The predicted octanol–water partition coefficient (Wildman–Crippen LogP) is 2.26. The van der Waals surface area contributed by atoms with Crippen LogP contribution in [0.25, 0.3) is 0 Å². The maximum atomic E-state index is 11.9. The van der Waals surface area contributed by atoms with Gasteiger partial charge in [0.2, 0.25) is 0 Å². The fourth-order valence-corrected chi connectivity index (χ4v) is 2.47. The van der Waals surface area contributed by atoms with E-state index in [4.69, 9.17) is 11.6 Å². The van der Waals surface area contributed by atoms with Crippen molar-refractivity contribution >= 4 is 29.0 Å². The third kappa shape index (κ3) is 2.80. The van der Waals surface area contributed by atoms with Gasteiger partial charge in [0, 0.05) is 6.54 Å². The molecule has 0 radical (unpaired) electrons. The molecule has 0 unspecified atom stereocenters. The Morgan fingerprint density at radius 1 is 1.26 bits per heavy atom. The Morgan fingerprint density at radius 2 is 2.05 bits per heavy atom. The van der Waals surface area contributed by atoms with E-state index in [1.165, 1.54) is 4.90 Å². The van der Waals surface area contributed by atoms with Crippen LogP contribution in [0.5, 0.6) is 0 Å². The fraction of sp³-hybridized carbons (Fsp3) is 0.429. The van der Waals surface area contributed by atoms with Gasteiger partial charge in [0.15, 0.2) is 0 Å². The molecule has 1 aliphatic heterocycles. The first kappa shape index (κ1) is 14.0. The molecule has 1 heterocycles. The molecule has 1 aromatic carbocycles. The number of carbonyl (C=O) groups is 2. The largest absolute Gasteiger partial charge is 0.317 e. The molecule has 102 valence electrons. The molecule has 1 N–H and O–H groups in total. The second-order valence-electron chi connectivity index (χ2n) is 4.53. The van der Waals surface area contributed by atoms with E-state index in [1.54, 1.807) is 18.2 Å². The number of Topliss-reactive ketones (excluding diaryl/α,β-unsaturated/α-hetero) is 1. The zero-order valence-electron chi connectivity index (χ0n) is 10.9. The standard InChI is InChI=1S/C14H17ClN2O2/c1-2-7-16-8-4-9-17-12-10(13(18)14(17)19)5-3-6-11(12)15/h3,5-6,16H,2,4,7-9H2,1H3. The van der Waals surface area contributed by atoms with Gasteiger partial charge < -0.3 is 10.2 Å². The number of carbonyl (C=O) groups excluding carboxylic acids is 2. The summed E-state index contributed by atoms with van der Waals surface area (Å²) in [5.41, 5.74) is 0.980. The summed E-state index contributed by atoms with van der Waals surface area (Å²) in [5.74, 6) is -0.933. The van der Waals surface area contributed by atoms with Crippen molar-refractivity contribution in [3.05, 3.63) is 28.8 Å². The van der Waals surface area contributed by atoms with Crippen LogP contribution < -0.4 is 10.2 Å². The molecule has 1 aliphatic rings. The molecule has 0 aromatic heterocycles. The van der Waals surface area contributed by atoms with Crippen molar-refractivity contribution in [3.63, 3.8) is 0 Å². The minimum absolute atomic E-state index is 0.416. The van der Waals surface area contributed by atoms with Crippen molar-refractivity contribution in [2.75, 3.05) is 24.5 Å².